The molecule has 0 aromatic carbocycles. The molecule has 0 radical (unpaired) electrons. The SMILES string of the molecule is O=C(O)CSOS(=O)(O)=S. The first kappa shape index (κ1) is 10.1. The van der Waals surface area contributed by atoms with Crippen molar-refractivity contribution in [3.8, 4) is 0 Å². The van der Waals surface area contributed by atoms with E-state index in [4.69, 9.17) is 9.66 Å². The minimum atomic E-state index is -3.69. The first-order valence-corrected chi connectivity index (χ1v) is 5.20. The van der Waals surface area contributed by atoms with Crippen LogP contribution in [-0.2, 0) is 28.7 Å². The molecular weight excluding hydrogens is 200 g/mol. The van der Waals surface area contributed by atoms with E-state index in [0.717, 1.165) is 0 Å². The molecule has 0 aliphatic carbocycles. The molecule has 0 fully saturated rings. The summed E-state index contributed by atoms with van der Waals surface area (Å²) in [7, 11) is -3.69. The molecule has 8 heteroatoms. The van der Waals surface area contributed by atoms with Crippen LogP contribution in [0.1, 0.15) is 0 Å². The second-order valence-electron chi connectivity index (χ2n) is 1.15. The highest BCUT2D eigenvalue weighted by Crippen LogP contribution is 2.05. The highest BCUT2D eigenvalue weighted by atomic mass is 32.9. The highest BCUT2D eigenvalue weighted by Gasteiger charge is 2.03. The Morgan fingerprint density at radius 1 is 1.80 bits per heavy atom. The summed E-state index contributed by atoms with van der Waals surface area (Å²) < 4.78 is 22.3. The van der Waals surface area contributed by atoms with Crippen molar-refractivity contribution in [2.24, 2.45) is 0 Å². The van der Waals surface area contributed by atoms with E-state index in [1.165, 1.54) is 0 Å². The van der Waals surface area contributed by atoms with Crippen molar-refractivity contribution in [2.45, 2.75) is 0 Å². The number of carboxylic acids is 1. The highest BCUT2D eigenvalue weighted by molar-refractivity contribution is 8.30. The van der Waals surface area contributed by atoms with E-state index in [-0.39, 0.29) is 0 Å². The van der Waals surface area contributed by atoms with Crippen molar-refractivity contribution >= 4 is 38.3 Å². The van der Waals surface area contributed by atoms with Gasteiger partial charge in [0.1, 0.15) is 5.75 Å². The topological polar surface area (TPSA) is 83.8 Å². The van der Waals surface area contributed by atoms with Crippen LogP contribution in [0.3, 0.4) is 0 Å². The van der Waals surface area contributed by atoms with Crippen molar-refractivity contribution in [1.29, 1.82) is 0 Å². The van der Waals surface area contributed by atoms with Gasteiger partial charge in [0, 0.05) is 23.2 Å². The fourth-order valence-electron chi connectivity index (χ4n) is 0.135. The van der Waals surface area contributed by atoms with E-state index in [0.29, 0.717) is 12.0 Å². The van der Waals surface area contributed by atoms with E-state index in [9.17, 15) is 9.00 Å². The van der Waals surface area contributed by atoms with Crippen molar-refractivity contribution in [1.82, 2.24) is 0 Å². The van der Waals surface area contributed by atoms with Crippen LogP contribution in [0.15, 0.2) is 0 Å². The van der Waals surface area contributed by atoms with Gasteiger partial charge in [0.2, 0.25) is 0 Å². The largest absolute Gasteiger partial charge is 0.481 e. The van der Waals surface area contributed by atoms with E-state index in [1.54, 1.807) is 0 Å². The summed E-state index contributed by atoms with van der Waals surface area (Å²) in [6, 6.07) is 0. The molecule has 0 aromatic rings. The summed E-state index contributed by atoms with van der Waals surface area (Å²) in [4.78, 5) is 9.78. The number of carbonyl (C=O) groups is 1. The van der Waals surface area contributed by atoms with Gasteiger partial charge >= 0.3 is 5.97 Å². The fraction of sp³-hybridized carbons (Fsp3) is 0.500. The molecular formula is C2H4O5S3. The average molecular weight is 204 g/mol. The molecule has 0 aliphatic heterocycles. The van der Waals surface area contributed by atoms with Crippen LogP contribution >= 0.6 is 12.0 Å². The molecule has 0 spiro atoms. The first-order chi connectivity index (χ1) is 4.42. The van der Waals surface area contributed by atoms with Crippen molar-refractivity contribution in [3.05, 3.63) is 0 Å². The minimum Gasteiger partial charge on any atom is -0.481 e. The van der Waals surface area contributed by atoms with Crippen molar-refractivity contribution in [2.75, 3.05) is 5.75 Å². The van der Waals surface area contributed by atoms with Crippen LogP contribution in [0.4, 0.5) is 0 Å². The fourth-order valence-corrected chi connectivity index (χ4v) is 1.27. The average Bonchev–Trinajstić information content (AvgIpc) is 1.59. The normalized spacial score (nSPS) is 16.1. The zero-order valence-corrected chi connectivity index (χ0v) is 7.00. The molecule has 1 atom stereocenters. The van der Waals surface area contributed by atoms with Gasteiger partial charge in [-0.1, -0.05) is 0 Å². The Morgan fingerprint density at radius 2 is 2.30 bits per heavy atom. The second kappa shape index (κ2) is 4.09. The van der Waals surface area contributed by atoms with Crippen LogP contribution in [0.5, 0.6) is 0 Å². The Labute approximate surface area is 66.7 Å². The zero-order valence-electron chi connectivity index (χ0n) is 4.55. The van der Waals surface area contributed by atoms with Crippen LogP contribution in [0, 0.1) is 0 Å². The van der Waals surface area contributed by atoms with Gasteiger partial charge in [0.05, 0.1) is 0 Å². The van der Waals surface area contributed by atoms with Crippen LogP contribution in [-0.4, -0.2) is 25.6 Å². The molecule has 1 unspecified atom stereocenters. The predicted octanol–water partition coefficient (Wildman–Crippen LogP) is -0.130. The minimum absolute atomic E-state index is 0.339. The van der Waals surface area contributed by atoms with Crippen molar-refractivity contribution < 1.29 is 22.3 Å². The number of aliphatic carboxylic acids is 1. The van der Waals surface area contributed by atoms with E-state index >= 15 is 0 Å². The molecule has 10 heavy (non-hydrogen) atoms. The molecule has 0 bridgehead atoms. The summed E-state index contributed by atoms with van der Waals surface area (Å²) in [5.41, 5.74) is 0. The summed E-state index contributed by atoms with van der Waals surface area (Å²) in [5.74, 6) is -1.54. The molecule has 0 rings (SSSR count). The van der Waals surface area contributed by atoms with Gasteiger partial charge in [-0.15, -0.1) is 0 Å². The Kier molecular flexibility index (Phi) is 4.13. The Balaban J connectivity index is 3.49. The smallest absolute Gasteiger partial charge is 0.315 e. The third kappa shape index (κ3) is 8.11. The second-order valence-corrected chi connectivity index (χ2v) is 4.34. The van der Waals surface area contributed by atoms with Gasteiger partial charge in [-0.2, -0.15) is 7.84 Å². The van der Waals surface area contributed by atoms with Gasteiger partial charge in [-0.25, -0.2) is 0 Å². The number of hydrogen-bond acceptors (Lipinski definition) is 5. The third-order valence-electron chi connectivity index (χ3n) is 0.316. The summed E-state index contributed by atoms with van der Waals surface area (Å²) in [6.45, 7) is 0. The number of carboxylic acid groups (broad SMARTS) is 1. The van der Waals surface area contributed by atoms with Gasteiger partial charge in [-0.3, -0.25) is 9.35 Å². The third-order valence-corrected chi connectivity index (χ3v) is 2.25. The lowest BCUT2D eigenvalue weighted by atomic mass is 10.8. The van der Waals surface area contributed by atoms with Gasteiger partial charge in [0.25, 0.3) is 9.05 Å². The maximum Gasteiger partial charge on any atom is 0.315 e. The molecule has 5 nitrogen and oxygen atoms in total. The predicted molar refractivity (Wildman–Crippen MR) is 39.3 cm³/mol. The van der Waals surface area contributed by atoms with E-state index < -0.39 is 20.8 Å². The Bertz CT molecular complexity index is 205. The molecule has 0 aromatic heterocycles. The maximum absolute atomic E-state index is 10.1. The molecule has 0 aliphatic rings. The van der Waals surface area contributed by atoms with Gasteiger partial charge < -0.3 is 5.11 Å². The first-order valence-electron chi connectivity index (χ1n) is 1.92. The quantitative estimate of drug-likeness (QED) is 0.617. The van der Waals surface area contributed by atoms with Crippen LogP contribution in [0.25, 0.3) is 0 Å². The molecule has 0 heterocycles. The van der Waals surface area contributed by atoms with E-state index in [2.05, 4.69) is 14.8 Å². The van der Waals surface area contributed by atoms with E-state index in [1.807, 2.05) is 0 Å². The lowest BCUT2D eigenvalue weighted by Gasteiger charge is -1.95. The molecule has 60 valence electrons. The molecule has 0 saturated heterocycles. The summed E-state index contributed by atoms with van der Waals surface area (Å²) in [5, 5.41) is 8.00. The monoisotopic (exact) mass is 204 g/mol. The Hall–Kier alpha value is 0.110. The Morgan fingerprint density at radius 3 is 2.60 bits per heavy atom. The lowest BCUT2D eigenvalue weighted by Crippen LogP contribution is -2.01. The number of hydrogen-bond donors (Lipinski definition) is 2. The van der Waals surface area contributed by atoms with Crippen molar-refractivity contribution in [3.63, 3.8) is 0 Å². The summed E-state index contributed by atoms with van der Waals surface area (Å²) in [6.07, 6.45) is 0. The van der Waals surface area contributed by atoms with Crippen LogP contribution < -0.4 is 0 Å². The maximum atomic E-state index is 10.1. The molecule has 0 saturated carbocycles. The van der Waals surface area contributed by atoms with Gasteiger partial charge in [-0.05, 0) is 0 Å². The number of rotatable bonds is 4. The zero-order chi connectivity index (χ0) is 8.20. The molecule has 0 amide bonds. The molecule has 2 N–H and O–H groups in total. The standard InChI is InChI=1S/C2H4O5S3/c3-2(4)1-9-7-10(5,6)8/h1H2,(H,3,4)(H,5,6,8). The van der Waals surface area contributed by atoms with Crippen LogP contribution in [0.2, 0.25) is 0 Å². The lowest BCUT2D eigenvalue weighted by molar-refractivity contribution is -0.133. The summed E-state index contributed by atoms with van der Waals surface area (Å²) >= 11 is 4.22. The van der Waals surface area contributed by atoms with Gasteiger partial charge in [0.15, 0.2) is 0 Å².